The lowest BCUT2D eigenvalue weighted by Gasteiger charge is -2.12. The molecule has 1 rings (SSSR count). The summed E-state index contributed by atoms with van der Waals surface area (Å²) in [7, 11) is -0.558. The molecule has 10 nitrogen and oxygen atoms in total. The summed E-state index contributed by atoms with van der Waals surface area (Å²) in [6.45, 7) is 2.79. The van der Waals surface area contributed by atoms with Crippen molar-refractivity contribution in [3.05, 3.63) is 24.3 Å². The lowest BCUT2D eigenvalue weighted by atomic mass is 10.3. The van der Waals surface area contributed by atoms with Crippen LogP contribution < -0.4 is 10.6 Å². The first-order valence-corrected chi connectivity index (χ1v) is 8.45. The molecule has 0 aromatic heterocycles. The van der Waals surface area contributed by atoms with Crippen LogP contribution in [0, 0.1) is 0 Å². The summed E-state index contributed by atoms with van der Waals surface area (Å²) < 4.78 is 25.0. The molecule has 0 aliphatic carbocycles. The van der Waals surface area contributed by atoms with Gasteiger partial charge < -0.3 is 20.8 Å². The van der Waals surface area contributed by atoms with E-state index in [4.69, 9.17) is 19.8 Å². The Morgan fingerprint density at radius 1 is 1.12 bits per heavy atom. The Morgan fingerprint density at radius 3 is 2.12 bits per heavy atom. The number of rotatable bonds is 6. The standard InChI is InChI=1S/C12H19N3O3S.C2H2O4/c1-4-13-9-12(16)14-10-6-5-7-11(8-10)19(17,18)15(2)3;3-1(4)2(5)6/h5-8,13H,4,9H2,1-3H3,(H,14,16);(H,3,4)(H,5,6). The quantitative estimate of drug-likeness (QED) is 0.492. The second kappa shape index (κ2) is 10.4. The number of anilines is 1. The number of carbonyl (C=O) groups excluding carboxylic acids is 1. The third-order valence-electron chi connectivity index (χ3n) is 2.61. The van der Waals surface area contributed by atoms with Crippen LogP contribution in [0.5, 0.6) is 0 Å². The van der Waals surface area contributed by atoms with E-state index in [9.17, 15) is 13.2 Å². The van der Waals surface area contributed by atoms with Crippen molar-refractivity contribution >= 4 is 33.6 Å². The van der Waals surface area contributed by atoms with E-state index >= 15 is 0 Å². The Hall–Kier alpha value is -2.50. The first-order chi connectivity index (χ1) is 11.5. The minimum Gasteiger partial charge on any atom is -0.473 e. The third kappa shape index (κ3) is 8.24. The smallest absolute Gasteiger partial charge is 0.414 e. The second-order valence-electron chi connectivity index (χ2n) is 4.75. The lowest BCUT2D eigenvalue weighted by Crippen LogP contribution is -2.28. The number of likely N-dealkylation sites (N-methyl/N-ethyl adjacent to an activating group) is 1. The molecule has 0 aliphatic heterocycles. The number of carboxylic acid groups (broad SMARTS) is 2. The number of hydrogen-bond acceptors (Lipinski definition) is 6. The molecule has 0 saturated carbocycles. The molecule has 0 aliphatic rings. The molecule has 0 heterocycles. The number of hydrogen-bond donors (Lipinski definition) is 4. The maximum absolute atomic E-state index is 11.9. The minimum absolute atomic E-state index is 0.152. The molecule has 140 valence electrons. The Balaban J connectivity index is 0.000000823. The monoisotopic (exact) mass is 375 g/mol. The lowest BCUT2D eigenvalue weighted by molar-refractivity contribution is -0.159. The van der Waals surface area contributed by atoms with Gasteiger partial charge in [0.05, 0.1) is 11.4 Å². The molecular weight excluding hydrogens is 354 g/mol. The molecule has 1 aromatic carbocycles. The fourth-order valence-electron chi connectivity index (χ4n) is 1.39. The highest BCUT2D eigenvalue weighted by molar-refractivity contribution is 7.89. The fourth-order valence-corrected chi connectivity index (χ4v) is 2.34. The molecule has 0 bridgehead atoms. The molecule has 0 spiro atoms. The van der Waals surface area contributed by atoms with Crippen LogP contribution in [0.4, 0.5) is 5.69 Å². The minimum atomic E-state index is -3.49. The van der Waals surface area contributed by atoms with Gasteiger partial charge in [-0.3, -0.25) is 4.79 Å². The summed E-state index contributed by atoms with van der Waals surface area (Å²) in [5.74, 6) is -3.86. The van der Waals surface area contributed by atoms with Crippen LogP contribution in [-0.2, 0) is 24.4 Å². The van der Waals surface area contributed by atoms with Crippen LogP contribution in [0.2, 0.25) is 0 Å². The molecule has 0 saturated heterocycles. The van der Waals surface area contributed by atoms with Gasteiger partial charge in [0, 0.05) is 19.8 Å². The van der Waals surface area contributed by atoms with Gasteiger partial charge in [-0.2, -0.15) is 0 Å². The number of carbonyl (C=O) groups is 3. The van der Waals surface area contributed by atoms with Crippen LogP contribution in [-0.4, -0.2) is 68.0 Å². The average Bonchev–Trinajstić information content (AvgIpc) is 2.53. The average molecular weight is 375 g/mol. The fraction of sp³-hybridized carbons (Fsp3) is 0.357. The van der Waals surface area contributed by atoms with E-state index in [1.54, 1.807) is 12.1 Å². The van der Waals surface area contributed by atoms with Gasteiger partial charge in [-0.25, -0.2) is 22.3 Å². The molecule has 0 radical (unpaired) electrons. The molecule has 25 heavy (non-hydrogen) atoms. The van der Waals surface area contributed by atoms with Gasteiger partial charge in [-0.1, -0.05) is 13.0 Å². The van der Waals surface area contributed by atoms with E-state index in [-0.39, 0.29) is 17.3 Å². The van der Waals surface area contributed by atoms with Crippen molar-refractivity contribution in [1.29, 1.82) is 0 Å². The summed E-state index contributed by atoms with van der Waals surface area (Å²) in [6, 6.07) is 6.19. The number of sulfonamides is 1. The largest absolute Gasteiger partial charge is 0.473 e. The van der Waals surface area contributed by atoms with E-state index in [1.165, 1.54) is 26.2 Å². The van der Waals surface area contributed by atoms with E-state index in [0.29, 0.717) is 12.2 Å². The topological polar surface area (TPSA) is 153 Å². The summed E-state index contributed by atoms with van der Waals surface area (Å²) in [5, 5.41) is 20.3. The van der Waals surface area contributed by atoms with Crippen LogP contribution in [0.25, 0.3) is 0 Å². The SMILES string of the molecule is CCNCC(=O)Nc1cccc(S(=O)(=O)N(C)C)c1.O=C(O)C(=O)O. The Morgan fingerprint density at radius 2 is 1.68 bits per heavy atom. The zero-order valence-corrected chi connectivity index (χ0v) is 14.8. The van der Waals surface area contributed by atoms with Crippen molar-refractivity contribution in [1.82, 2.24) is 9.62 Å². The molecule has 0 atom stereocenters. The van der Waals surface area contributed by atoms with Crippen molar-refractivity contribution in [2.75, 3.05) is 32.5 Å². The van der Waals surface area contributed by atoms with Crippen molar-refractivity contribution < 1.29 is 33.0 Å². The highest BCUT2D eigenvalue weighted by atomic mass is 32.2. The first-order valence-electron chi connectivity index (χ1n) is 7.01. The molecule has 1 amide bonds. The highest BCUT2D eigenvalue weighted by Crippen LogP contribution is 2.17. The number of amides is 1. The predicted molar refractivity (Wildman–Crippen MR) is 89.8 cm³/mol. The van der Waals surface area contributed by atoms with E-state index in [0.717, 1.165) is 4.31 Å². The van der Waals surface area contributed by atoms with Gasteiger partial charge in [0.25, 0.3) is 0 Å². The Labute approximate surface area is 145 Å². The maximum atomic E-state index is 11.9. The van der Waals surface area contributed by atoms with Gasteiger partial charge in [0.15, 0.2) is 0 Å². The van der Waals surface area contributed by atoms with Crippen LogP contribution in [0.3, 0.4) is 0 Å². The molecule has 4 N–H and O–H groups in total. The van der Waals surface area contributed by atoms with Crippen LogP contribution in [0.15, 0.2) is 29.2 Å². The molecule has 0 fully saturated rings. The van der Waals surface area contributed by atoms with Crippen LogP contribution in [0.1, 0.15) is 6.92 Å². The van der Waals surface area contributed by atoms with Crippen molar-refractivity contribution in [3.63, 3.8) is 0 Å². The molecular formula is C14H21N3O7S. The van der Waals surface area contributed by atoms with E-state index in [1.807, 2.05) is 6.92 Å². The number of aliphatic carboxylic acids is 2. The summed E-state index contributed by atoms with van der Waals surface area (Å²) >= 11 is 0. The van der Waals surface area contributed by atoms with Gasteiger partial charge in [-0.15, -0.1) is 0 Å². The zero-order valence-electron chi connectivity index (χ0n) is 14.0. The first kappa shape index (κ1) is 22.5. The second-order valence-corrected chi connectivity index (χ2v) is 6.91. The molecule has 1 aromatic rings. The molecule has 0 unspecified atom stereocenters. The number of nitrogens with zero attached hydrogens (tertiary/aromatic N) is 1. The maximum Gasteiger partial charge on any atom is 0.414 e. The third-order valence-corrected chi connectivity index (χ3v) is 4.43. The van der Waals surface area contributed by atoms with Gasteiger partial charge in [-0.05, 0) is 24.7 Å². The Kier molecular flexibility index (Phi) is 9.34. The zero-order chi connectivity index (χ0) is 19.6. The van der Waals surface area contributed by atoms with Gasteiger partial charge in [0.1, 0.15) is 0 Å². The van der Waals surface area contributed by atoms with E-state index in [2.05, 4.69) is 10.6 Å². The highest BCUT2D eigenvalue weighted by Gasteiger charge is 2.17. The van der Waals surface area contributed by atoms with Crippen molar-refractivity contribution in [2.24, 2.45) is 0 Å². The summed E-state index contributed by atoms with van der Waals surface area (Å²) in [4.78, 5) is 29.9. The van der Waals surface area contributed by atoms with Crippen LogP contribution >= 0.6 is 0 Å². The van der Waals surface area contributed by atoms with Crippen molar-refractivity contribution in [2.45, 2.75) is 11.8 Å². The normalized spacial score (nSPS) is 10.6. The number of carboxylic acids is 2. The van der Waals surface area contributed by atoms with E-state index < -0.39 is 22.0 Å². The van der Waals surface area contributed by atoms with Gasteiger partial charge in [0.2, 0.25) is 15.9 Å². The van der Waals surface area contributed by atoms with Crippen molar-refractivity contribution in [3.8, 4) is 0 Å². The number of benzene rings is 1. The van der Waals surface area contributed by atoms with Gasteiger partial charge >= 0.3 is 11.9 Å². The Bertz CT molecular complexity index is 705. The number of nitrogens with one attached hydrogen (secondary N) is 2. The molecule has 11 heteroatoms. The summed E-state index contributed by atoms with van der Waals surface area (Å²) in [6.07, 6.45) is 0. The summed E-state index contributed by atoms with van der Waals surface area (Å²) in [5.41, 5.74) is 0.464. The predicted octanol–water partition coefficient (Wildman–Crippen LogP) is -0.359.